The normalized spacial score (nSPS) is 28.4. The van der Waals surface area contributed by atoms with Gasteiger partial charge in [-0.25, -0.2) is 0 Å². The molecule has 1 aliphatic carbocycles. The van der Waals surface area contributed by atoms with E-state index in [2.05, 4.69) is 36.4 Å². The van der Waals surface area contributed by atoms with Gasteiger partial charge in [0.2, 0.25) is 0 Å². The van der Waals surface area contributed by atoms with Crippen molar-refractivity contribution in [2.45, 2.75) is 37.1 Å². The van der Waals surface area contributed by atoms with Crippen molar-refractivity contribution in [1.29, 1.82) is 0 Å². The van der Waals surface area contributed by atoms with Crippen LogP contribution in [0.1, 0.15) is 31.2 Å². The average Bonchev–Trinajstić information content (AvgIpc) is 2.51. The van der Waals surface area contributed by atoms with Crippen LogP contribution in [0.15, 0.2) is 30.5 Å². The van der Waals surface area contributed by atoms with E-state index >= 15 is 0 Å². The Labute approximate surface area is 121 Å². The molecule has 1 fully saturated rings. The molecule has 0 unspecified atom stereocenters. The predicted octanol–water partition coefficient (Wildman–Crippen LogP) is 3.34. The molecule has 2 bridgehead atoms. The van der Waals surface area contributed by atoms with E-state index in [0.29, 0.717) is 6.04 Å². The fourth-order valence-corrected chi connectivity index (χ4v) is 3.77. The Morgan fingerprint density at radius 1 is 1.25 bits per heavy atom. The Bertz CT molecular complexity index is 526. The molecule has 0 radical (unpaired) electrons. The lowest BCUT2D eigenvalue weighted by Gasteiger charge is -2.46. The summed E-state index contributed by atoms with van der Waals surface area (Å²) in [4.78, 5) is 2.35. The Morgan fingerprint density at radius 2 is 2.10 bits per heavy atom. The summed E-state index contributed by atoms with van der Waals surface area (Å²) in [5, 5.41) is 0. The van der Waals surface area contributed by atoms with Crippen LogP contribution in [-0.4, -0.2) is 32.2 Å². The molecule has 2 atom stereocenters. The van der Waals surface area contributed by atoms with Gasteiger partial charge in [0.25, 0.3) is 0 Å². The van der Waals surface area contributed by atoms with Gasteiger partial charge in [-0.15, -0.1) is 0 Å². The Hall–Kier alpha value is -1.64. The van der Waals surface area contributed by atoms with E-state index in [1.165, 1.54) is 31.2 Å². The second-order valence-corrected chi connectivity index (χ2v) is 5.93. The molecule has 1 aliphatic heterocycles. The Kier molecular flexibility index (Phi) is 3.36. The molecule has 20 heavy (non-hydrogen) atoms. The van der Waals surface area contributed by atoms with E-state index < -0.39 is 0 Å². The minimum Gasteiger partial charge on any atom is -0.493 e. The van der Waals surface area contributed by atoms with Gasteiger partial charge < -0.3 is 14.4 Å². The van der Waals surface area contributed by atoms with Gasteiger partial charge in [0.05, 0.1) is 14.2 Å². The topological polar surface area (TPSA) is 21.7 Å². The molecule has 0 spiro atoms. The van der Waals surface area contributed by atoms with Crippen molar-refractivity contribution in [3.8, 4) is 11.5 Å². The first-order valence-corrected chi connectivity index (χ1v) is 7.33. The molecule has 3 heteroatoms. The third-order valence-electron chi connectivity index (χ3n) is 4.90. The smallest absolute Gasteiger partial charge is 0.164 e. The van der Waals surface area contributed by atoms with Crippen molar-refractivity contribution in [2.75, 3.05) is 21.3 Å². The summed E-state index contributed by atoms with van der Waals surface area (Å²) in [5.74, 6) is 1.72. The Morgan fingerprint density at radius 3 is 2.85 bits per heavy atom. The zero-order valence-corrected chi connectivity index (χ0v) is 12.6. The fourth-order valence-electron chi connectivity index (χ4n) is 3.77. The SMILES string of the molecule is COc1cccc([C@@]23C=CN(C)[C@@H](CCC2)C3)c1OC. The van der Waals surface area contributed by atoms with E-state index in [9.17, 15) is 0 Å². The van der Waals surface area contributed by atoms with Gasteiger partial charge in [-0.05, 0) is 31.5 Å². The van der Waals surface area contributed by atoms with Crippen LogP contribution in [0.3, 0.4) is 0 Å². The average molecular weight is 273 g/mol. The predicted molar refractivity (Wildman–Crippen MR) is 80.4 cm³/mol. The van der Waals surface area contributed by atoms with Crippen molar-refractivity contribution in [1.82, 2.24) is 4.90 Å². The zero-order valence-electron chi connectivity index (χ0n) is 12.6. The first kappa shape index (κ1) is 13.3. The molecule has 1 saturated carbocycles. The van der Waals surface area contributed by atoms with Gasteiger partial charge in [0.15, 0.2) is 11.5 Å². The van der Waals surface area contributed by atoms with Gasteiger partial charge in [-0.1, -0.05) is 24.6 Å². The summed E-state index contributed by atoms with van der Waals surface area (Å²) in [5.41, 5.74) is 1.38. The molecule has 1 aromatic carbocycles. The summed E-state index contributed by atoms with van der Waals surface area (Å²) in [6.45, 7) is 0. The maximum atomic E-state index is 5.66. The van der Waals surface area contributed by atoms with E-state index in [-0.39, 0.29) is 5.41 Å². The second-order valence-electron chi connectivity index (χ2n) is 5.93. The Balaban J connectivity index is 2.10. The minimum atomic E-state index is 0.106. The number of hydrogen-bond acceptors (Lipinski definition) is 3. The summed E-state index contributed by atoms with van der Waals surface area (Å²) in [6.07, 6.45) is 9.52. The summed E-state index contributed by atoms with van der Waals surface area (Å²) >= 11 is 0. The third-order valence-corrected chi connectivity index (χ3v) is 4.90. The van der Waals surface area contributed by atoms with E-state index in [4.69, 9.17) is 9.47 Å². The highest BCUT2D eigenvalue weighted by Crippen LogP contribution is 2.49. The standard InChI is InChI=1S/C17H23NO2/c1-18-11-10-17(9-5-6-13(18)12-17)14-7-4-8-15(19-2)16(14)20-3/h4,7-8,10-11,13H,5-6,9,12H2,1-3H3/t13-,17+/m0/s1. The van der Waals surface area contributed by atoms with Crippen molar-refractivity contribution in [3.63, 3.8) is 0 Å². The molecular weight excluding hydrogens is 250 g/mol. The van der Waals surface area contributed by atoms with E-state index in [0.717, 1.165) is 11.5 Å². The lowest BCUT2D eigenvalue weighted by Crippen LogP contribution is -2.44. The molecule has 3 nitrogen and oxygen atoms in total. The molecule has 0 saturated heterocycles. The molecule has 1 heterocycles. The van der Waals surface area contributed by atoms with Gasteiger partial charge in [0.1, 0.15) is 0 Å². The number of ether oxygens (including phenoxy) is 2. The molecule has 0 N–H and O–H groups in total. The highest BCUT2D eigenvalue weighted by atomic mass is 16.5. The van der Waals surface area contributed by atoms with Crippen LogP contribution >= 0.6 is 0 Å². The third kappa shape index (κ3) is 1.96. The molecule has 0 aromatic heterocycles. The summed E-state index contributed by atoms with van der Waals surface area (Å²) in [6, 6.07) is 6.88. The van der Waals surface area contributed by atoms with Crippen LogP contribution in [0.2, 0.25) is 0 Å². The van der Waals surface area contributed by atoms with Gasteiger partial charge in [-0.3, -0.25) is 0 Å². The molecule has 0 amide bonds. The first-order valence-electron chi connectivity index (χ1n) is 7.33. The van der Waals surface area contributed by atoms with Gasteiger partial charge in [-0.2, -0.15) is 0 Å². The number of allylic oxidation sites excluding steroid dienone is 1. The highest BCUT2D eigenvalue weighted by Gasteiger charge is 2.41. The van der Waals surface area contributed by atoms with Crippen molar-refractivity contribution in [2.24, 2.45) is 0 Å². The van der Waals surface area contributed by atoms with E-state index in [1.807, 2.05) is 6.07 Å². The molecule has 2 aliphatic rings. The molecule has 1 aromatic rings. The van der Waals surface area contributed by atoms with Crippen LogP contribution in [0.25, 0.3) is 0 Å². The van der Waals surface area contributed by atoms with Crippen molar-refractivity contribution < 1.29 is 9.47 Å². The van der Waals surface area contributed by atoms with Crippen LogP contribution in [0.5, 0.6) is 11.5 Å². The number of para-hydroxylation sites is 1. The maximum absolute atomic E-state index is 5.66. The molecular formula is C17H23NO2. The van der Waals surface area contributed by atoms with Crippen LogP contribution in [0, 0.1) is 0 Å². The van der Waals surface area contributed by atoms with Crippen molar-refractivity contribution >= 4 is 0 Å². The lowest BCUT2D eigenvalue weighted by atomic mass is 9.66. The maximum Gasteiger partial charge on any atom is 0.164 e. The molecule has 108 valence electrons. The van der Waals surface area contributed by atoms with E-state index in [1.54, 1.807) is 14.2 Å². The second kappa shape index (κ2) is 5.04. The summed E-state index contributed by atoms with van der Waals surface area (Å²) in [7, 11) is 5.61. The largest absolute Gasteiger partial charge is 0.493 e. The zero-order chi connectivity index (χ0) is 14.2. The summed E-state index contributed by atoms with van der Waals surface area (Å²) < 4.78 is 11.1. The van der Waals surface area contributed by atoms with Gasteiger partial charge in [0, 0.05) is 24.1 Å². The number of hydrogen-bond donors (Lipinski definition) is 0. The number of benzene rings is 1. The minimum absolute atomic E-state index is 0.106. The fraction of sp³-hybridized carbons (Fsp3) is 0.529. The number of nitrogens with zero attached hydrogens (tertiary/aromatic N) is 1. The molecule has 3 rings (SSSR count). The van der Waals surface area contributed by atoms with Crippen LogP contribution in [0.4, 0.5) is 0 Å². The number of rotatable bonds is 3. The highest BCUT2D eigenvalue weighted by molar-refractivity contribution is 5.52. The van der Waals surface area contributed by atoms with Crippen LogP contribution < -0.4 is 9.47 Å². The number of methoxy groups -OCH3 is 2. The monoisotopic (exact) mass is 273 g/mol. The lowest BCUT2D eigenvalue weighted by molar-refractivity contribution is 0.176. The number of fused-ring (bicyclic) bond motifs is 2. The van der Waals surface area contributed by atoms with Gasteiger partial charge >= 0.3 is 0 Å². The van der Waals surface area contributed by atoms with Crippen molar-refractivity contribution in [3.05, 3.63) is 36.0 Å². The quantitative estimate of drug-likeness (QED) is 0.843. The first-order chi connectivity index (χ1) is 9.70. The van der Waals surface area contributed by atoms with Crippen LogP contribution in [-0.2, 0) is 5.41 Å².